The molecule has 1 heterocycles. The average molecular weight is 225 g/mol. The van der Waals surface area contributed by atoms with Crippen LogP contribution in [0.1, 0.15) is 12.1 Å². The number of aromatic amines is 1. The maximum absolute atomic E-state index is 8.47. The first-order valence-corrected chi connectivity index (χ1v) is 5.06. The van der Waals surface area contributed by atoms with Crippen LogP contribution >= 0.6 is 24.8 Å². The molecule has 0 unspecified atom stereocenters. The monoisotopic (exact) mass is 225 g/mol. The van der Waals surface area contributed by atoms with E-state index in [1.807, 2.05) is 23.2 Å². The summed E-state index contributed by atoms with van der Waals surface area (Å²) in [6.45, 7) is 1.30. The molecular weight excluding hydrogens is 214 g/mol. The van der Waals surface area contributed by atoms with Crippen molar-refractivity contribution in [1.29, 1.82) is 5.26 Å². The zero-order valence-corrected chi connectivity index (χ0v) is 9.31. The molecular formula is C9H11N3S2. The molecule has 14 heavy (non-hydrogen) atoms. The SMILES string of the molecule is N#CCCN(Cc1ccc[nH]1)C(=S)S. The fraction of sp³-hybridized carbons (Fsp3) is 0.333. The van der Waals surface area contributed by atoms with Crippen molar-refractivity contribution in [3.05, 3.63) is 24.0 Å². The molecule has 0 radical (unpaired) electrons. The summed E-state index contributed by atoms with van der Waals surface area (Å²) in [7, 11) is 0. The molecule has 0 bridgehead atoms. The Labute approximate surface area is 94.1 Å². The van der Waals surface area contributed by atoms with Gasteiger partial charge in [0.1, 0.15) is 4.32 Å². The molecule has 0 aromatic carbocycles. The van der Waals surface area contributed by atoms with E-state index in [4.69, 9.17) is 17.5 Å². The lowest BCUT2D eigenvalue weighted by molar-refractivity contribution is 0.432. The fourth-order valence-electron chi connectivity index (χ4n) is 1.10. The van der Waals surface area contributed by atoms with Crippen molar-refractivity contribution < 1.29 is 0 Å². The summed E-state index contributed by atoms with van der Waals surface area (Å²) in [5.41, 5.74) is 1.07. The molecule has 0 spiro atoms. The normalized spacial score (nSPS) is 9.43. The van der Waals surface area contributed by atoms with Gasteiger partial charge < -0.3 is 9.88 Å². The summed E-state index contributed by atoms with van der Waals surface area (Å²) in [5, 5.41) is 8.47. The Hall–Kier alpha value is -0.990. The van der Waals surface area contributed by atoms with Gasteiger partial charge in [0.05, 0.1) is 19.0 Å². The second-order valence-corrected chi connectivity index (χ2v) is 3.92. The van der Waals surface area contributed by atoms with E-state index in [1.165, 1.54) is 0 Å². The van der Waals surface area contributed by atoms with Crippen molar-refractivity contribution in [3.63, 3.8) is 0 Å². The van der Waals surface area contributed by atoms with Crippen LogP contribution in [0.3, 0.4) is 0 Å². The highest BCUT2D eigenvalue weighted by Gasteiger charge is 2.06. The zero-order chi connectivity index (χ0) is 10.4. The van der Waals surface area contributed by atoms with Gasteiger partial charge in [-0.05, 0) is 12.1 Å². The van der Waals surface area contributed by atoms with Crippen LogP contribution in [0.15, 0.2) is 18.3 Å². The Kier molecular flexibility index (Phi) is 4.50. The lowest BCUT2D eigenvalue weighted by Gasteiger charge is -2.20. The van der Waals surface area contributed by atoms with Crippen LogP contribution in [0.25, 0.3) is 0 Å². The standard InChI is InChI=1S/C9H11N3S2/c10-4-2-6-12(9(13)14)7-8-3-1-5-11-8/h1,3,5,11H,2,6-7H2,(H,13,14). The first kappa shape index (κ1) is 11.1. The number of aromatic nitrogens is 1. The van der Waals surface area contributed by atoms with E-state index in [-0.39, 0.29) is 0 Å². The van der Waals surface area contributed by atoms with Crippen molar-refractivity contribution in [2.75, 3.05) is 6.54 Å². The van der Waals surface area contributed by atoms with Crippen LogP contribution in [0.2, 0.25) is 0 Å². The average Bonchev–Trinajstić information content (AvgIpc) is 2.64. The van der Waals surface area contributed by atoms with Crippen LogP contribution < -0.4 is 0 Å². The molecule has 1 aromatic rings. The third-order valence-corrected chi connectivity index (χ3v) is 2.33. The number of thiocarbonyl (C=S) groups is 1. The van der Waals surface area contributed by atoms with Gasteiger partial charge in [0, 0.05) is 18.4 Å². The molecule has 74 valence electrons. The molecule has 0 saturated heterocycles. The van der Waals surface area contributed by atoms with Gasteiger partial charge in [-0.15, -0.1) is 12.6 Å². The smallest absolute Gasteiger partial charge is 0.133 e. The minimum absolute atomic E-state index is 0.460. The molecule has 0 atom stereocenters. The summed E-state index contributed by atoms with van der Waals surface area (Å²) >= 11 is 9.08. The lowest BCUT2D eigenvalue weighted by Crippen LogP contribution is -2.26. The Morgan fingerprint density at radius 2 is 2.50 bits per heavy atom. The number of nitriles is 1. The van der Waals surface area contributed by atoms with Crippen LogP contribution in [0, 0.1) is 11.3 Å². The van der Waals surface area contributed by atoms with Crippen LogP contribution in [0.5, 0.6) is 0 Å². The number of hydrogen-bond acceptors (Lipinski definition) is 2. The predicted molar refractivity (Wildman–Crippen MR) is 63.0 cm³/mol. The van der Waals surface area contributed by atoms with Gasteiger partial charge >= 0.3 is 0 Å². The van der Waals surface area contributed by atoms with Crippen molar-refractivity contribution in [3.8, 4) is 6.07 Å². The van der Waals surface area contributed by atoms with E-state index in [0.717, 1.165) is 5.69 Å². The maximum atomic E-state index is 8.47. The Bertz CT molecular complexity index is 326. The van der Waals surface area contributed by atoms with Crippen LogP contribution in [-0.2, 0) is 6.54 Å². The summed E-state index contributed by atoms with van der Waals surface area (Å²) < 4.78 is 0.523. The second-order valence-electron chi connectivity index (χ2n) is 2.81. The van der Waals surface area contributed by atoms with Crippen molar-refractivity contribution >= 4 is 29.2 Å². The molecule has 1 rings (SSSR count). The maximum Gasteiger partial charge on any atom is 0.133 e. The molecule has 1 N–H and O–H groups in total. The molecule has 3 nitrogen and oxygen atoms in total. The molecule has 0 saturated carbocycles. The summed E-state index contributed by atoms with van der Waals surface area (Å²) in [5.74, 6) is 0. The second kappa shape index (κ2) is 5.68. The van der Waals surface area contributed by atoms with Crippen LogP contribution in [0.4, 0.5) is 0 Å². The molecule has 0 fully saturated rings. The minimum atomic E-state index is 0.460. The topological polar surface area (TPSA) is 42.8 Å². The fourth-order valence-corrected chi connectivity index (χ4v) is 1.43. The first-order valence-electron chi connectivity index (χ1n) is 4.21. The third-order valence-electron chi connectivity index (χ3n) is 1.79. The van der Waals surface area contributed by atoms with Gasteiger partial charge in [-0.25, -0.2) is 0 Å². The Morgan fingerprint density at radius 1 is 1.71 bits per heavy atom. The van der Waals surface area contributed by atoms with Gasteiger partial charge in [0.25, 0.3) is 0 Å². The zero-order valence-electron chi connectivity index (χ0n) is 7.60. The van der Waals surface area contributed by atoms with Gasteiger partial charge in [0.2, 0.25) is 0 Å². The first-order chi connectivity index (χ1) is 6.74. The van der Waals surface area contributed by atoms with E-state index in [2.05, 4.69) is 23.7 Å². The van der Waals surface area contributed by atoms with E-state index in [9.17, 15) is 0 Å². The number of hydrogen-bond donors (Lipinski definition) is 2. The summed E-state index contributed by atoms with van der Waals surface area (Å²) in [6.07, 6.45) is 2.32. The Balaban J connectivity index is 2.52. The highest BCUT2D eigenvalue weighted by atomic mass is 32.1. The van der Waals surface area contributed by atoms with E-state index >= 15 is 0 Å². The van der Waals surface area contributed by atoms with E-state index < -0.39 is 0 Å². The number of rotatable bonds is 4. The van der Waals surface area contributed by atoms with Crippen molar-refractivity contribution in [1.82, 2.24) is 9.88 Å². The molecule has 1 aromatic heterocycles. The van der Waals surface area contributed by atoms with E-state index in [1.54, 1.807) is 0 Å². The number of nitrogens with one attached hydrogen (secondary N) is 1. The molecule has 0 aliphatic carbocycles. The number of H-pyrrole nitrogens is 1. The molecule has 5 heteroatoms. The van der Waals surface area contributed by atoms with Gasteiger partial charge in [-0.2, -0.15) is 5.26 Å². The number of nitrogens with zero attached hydrogens (tertiary/aromatic N) is 2. The van der Waals surface area contributed by atoms with E-state index in [0.29, 0.717) is 23.8 Å². The minimum Gasteiger partial charge on any atom is -0.364 e. The van der Waals surface area contributed by atoms with Crippen molar-refractivity contribution in [2.45, 2.75) is 13.0 Å². The predicted octanol–water partition coefficient (Wildman–Crippen LogP) is 1.95. The molecule has 0 amide bonds. The van der Waals surface area contributed by atoms with Gasteiger partial charge in [-0.1, -0.05) is 12.2 Å². The summed E-state index contributed by atoms with van der Waals surface area (Å²) in [4.78, 5) is 4.96. The number of thiol groups is 1. The molecule has 0 aliphatic rings. The van der Waals surface area contributed by atoms with Gasteiger partial charge in [0.15, 0.2) is 0 Å². The Morgan fingerprint density at radius 3 is 3.00 bits per heavy atom. The quantitative estimate of drug-likeness (QED) is 0.608. The lowest BCUT2D eigenvalue weighted by atomic mass is 10.3. The highest BCUT2D eigenvalue weighted by molar-refractivity contribution is 8.10. The van der Waals surface area contributed by atoms with Crippen molar-refractivity contribution in [2.24, 2.45) is 0 Å². The van der Waals surface area contributed by atoms with Gasteiger partial charge in [-0.3, -0.25) is 0 Å². The molecule has 0 aliphatic heterocycles. The largest absolute Gasteiger partial charge is 0.364 e. The highest BCUT2D eigenvalue weighted by Crippen LogP contribution is 2.05. The van der Waals surface area contributed by atoms with Crippen LogP contribution in [-0.4, -0.2) is 20.7 Å². The third kappa shape index (κ3) is 3.40. The summed E-state index contributed by atoms with van der Waals surface area (Å²) in [6, 6.07) is 5.99.